The molecule has 0 radical (unpaired) electrons. The zero-order valence-corrected chi connectivity index (χ0v) is 12.6. The van der Waals surface area contributed by atoms with Crippen molar-refractivity contribution in [1.29, 1.82) is 0 Å². The number of anilines is 1. The van der Waals surface area contributed by atoms with Crippen LogP contribution >= 0.6 is 11.3 Å². The van der Waals surface area contributed by atoms with E-state index in [1.807, 2.05) is 47.8 Å². The third-order valence-corrected chi connectivity index (χ3v) is 4.01. The summed E-state index contributed by atoms with van der Waals surface area (Å²) in [5.41, 5.74) is 3.68. The van der Waals surface area contributed by atoms with Crippen LogP contribution in [0.4, 0.5) is 5.88 Å². The van der Waals surface area contributed by atoms with Gasteiger partial charge in [-0.05, 0) is 23.6 Å². The molecule has 3 aromatic heterocycles. The Morgan fingerprint density at radius 3 is 2.61 bits per heavy atom. The number of nitrogen functional groups attached to an aromatic ring is 1. The summed E-state index contributed by atoms with van der Waals surface area (Å²) in [7, 11) is 0. The predicted octanol–water partition coefficient (Wildman–Crippen LogP) is 3.41. The standard InChI is InChI=1S/C15H11N5O2S/c16-19-15-11(17-13(21-15)9-5-2-1-3-6-9)14-18-12(20-22-14)10-7-4-8-23-10/h1-8,19H,16H2. The number of hydrogen-bond donors (Lipinski definition) is 2. The fraction of sp³-hybridized carbons (Fsp3) is 0. The van der Waals surface area contributed by atoms with Gasteiger partial charge in [-0.15, -0.1) is 11.3 Å². The van der Waals surface area contributed by atoms with E-state index in [0.29, 0.717) is 17.4 Å². The van der Waals surface area contributed by atoms with Crippen LogP contribution in [-0.2, 0) is 0 Å². The molecule has 3 heterocycles. The van der Waals surface area contributed by atoms with Crippen LogP contribution in [0, 0.1) is 0 Å². The van der Waals surface area contributed by atoms with E-state index in [1.54, 1.807) is 0 Å². The van der Waals surface area contributed by atoms with Crippen molar-refractivity contribution in [3.8, 4) is 33.7 Å². The molecule has 7 nitrogen and oxygen atoms in total. The maximum absolute atomic E-state index is 5.63. The average molecular weight is 325 g/mol. The molecule has 0 aliphatic heterocycles. The van der Waals surface area contributed by atoms with Crippen molar-refractivity contribution < 1.29 is 8.94 Å². The fourth-order valence-electron chi connectivity index (χ4n) is 2.09. The molecule has 0 fully saturated rings. The third-order valence-electron chi connectivity index (χ3n) is 3.15. The lowest BCUT2D eigenvalue weighted by Gasteiger charge is -1.93. The number of oxazole rings is 1. The van der Waals surface area contributed by atoms with Gasteiger partial charge in [-0.25, -0.2) is 10.8 Å². The Balaban J connectivity index is 1.75. The fourth-order valence-corrected chi connectivity index (χ4v) is 2.74. The zero-order chi connectivity index (χ0) is 15.6. The van der Waals surface area contributed by atoms with Gasteiger partial charge in [0.15, 0.2) is 5.69 Å². The first-order valence-electron chi connectivity index (χ1n) is 6.76. The van der Waals surface area contributed by atoms with E-state index in [9.17, 15) is 0 Å². The molecule has 4 rings (SSSR count). The Morgan fingerprint density at radius 2 is 1.87 bits per heavy atom. The van der Waals surface area contributed by atoms with Gasteiger partial charge >= 0.3 is 0 Å². The molecule has 23 heavy (non-hydrogen) atoms. The summed E-state index contributed by atoms with van der Waals surface area (Å²) in [6.07, 6.45) is 0. The van der Waals surface area contributed by atoms with E-state index in [4.69, 9.17) is 14.8 Å². The minimum Gasteiger partial charge on any atom is -0.418 e. The first-order chi connectivity index (χ1) is 11.3. The van der Waals surface area contributed by atoms with Crippen LogP contribution in [0.15, 0.2) is 56.8 Å². The number of nitrogens with one attached hydrogen (secondary N) is 1. The van der Waals surface area contributed by atoms with Gasteiger partial charge in [-0.3, -0.25) is 5.43 Å². The molecule has 0 atom stereocenters. The van der Waals surface area contributed by atoms with E-state index in [-0.39, 0.29) is 11.8 Å². The topological polar surface area (TPSA) is 103 Å². The van der Waals surface area contributed by atoms with Gasteiger partial charge in [0, 0.05) is 5.56 Å². The highest BCUT2D eigenvalue weighted by Gasteiger charge is 2.21. The quantitative estimate of drug-likeness (QED) is 0.438. The van der Waals surface area contributed by atoms with Crippen LogP contribution in [0.2, 0.25) is 0 Å². The first-order valence-corrected chi connectivity index (χ1v) is 7.64. The number of hydrogen-bond acceptors (Lipinski definition) is 8. The SMILES string of the molecule is NNc1oc(-c2ccccc2)nc1-c1nc(-c2cccs2)no1. The number of nitrogens with two attached hydrogens (primary N) is 1. The van der Waals surface area contributed by atoms with E-state index in [2.05, 4.69) is 20.6 Å². The molecule has 114 valence electrons. The van der Waals surface area contributed by atoms with Crippen molar-refractivity contribution >= 4 is 17.2 Å². The minimum atomic E-state index is 0.243. The maximum atomic E-state index is 5.63. The molecule has 0 amide bonds. The van der Waals surface area contributed by atoms with Crippen molar-refractivity contribution in [3.63, 3.8) is 0 Å². The van der Waals surface area contributed by atoms with Crippen LogP contribution in [-0.4, -0.2) is 15.1 Å². The highest BCUT2D eigenvalue weighted by atomic mass is 32.1. The summed E-state index contributed by atoms with van der Waals surface area (Å²) in [6.45, 7) is 0. The normalized spacial score (nSPS) is 10.8. The van der Waals surface area contributed by atoms with Crippen molar-refractivity contribution in [2.24, 2.45) is 5.84 Å². The van der Waals surface area contributed by atoms with Crippen LogP contribution in [0.3, 0.4) is 0 Å². The summed E-state index contributed by atoms with van der Waals surface area (Å²) >= 11 is 1.53. The Kier molecular flexibility index (Phi) is 3.37. The van der Waals surface area contributed by atoms with Gasteiger partial charge in [0.05, 0.1) is 4.88 Å². The van der Waals surface area contributed by atoms with Crippen LogP contribution in [0.5, 0.6) is 0 Å². The maximum Gasteiger partial charge on any atom is 0.282 e. The molecule has 0 spiro atoms. The van der Waals surface area contributed by atoms with E-state index >= 15 is 0 Å². The second-order valence-electron chi connectivity index (χ2n) is 4.61. The van der Waals surface area contributed by atoms with Crippen molar-refractivity contribution in [2.45, 2.75) is 0 Å². The number of aromatic nitrogens is 3. The summed E-state index contributed by atoms with van der Waals surface area (Å²) in [6, 6.07) is 13.3. The van der Waals surface area contributed by atoms with Crippen molar-refractivity contribution in [1.82, 2.24) is 15.1 Å². The zero-order valence-electron chi connectivity index (χ0n) is 11.8. The highest BCUT2D eigenvalue weighted by Crippen LogP contribution is 2.32. The Hall–Kier alpha value is -2.97. The molecule has 0 unspecified atom stereocenters. The van der Waals surface area contributed by atoms with Gasteiger partial charge in [0.25, 0.3) is 5.89 Å². The Labute approximate surface area is 134 Å². The summed E-state index contributed by atoms with van der Waals surface area (Å²) < 4.78 is 10.9. The van der Waals surface area contributed by atoms with Gasteiger partial charge in [0.1, 0.15) is 0 Å². The van der Waals surface area contributed by atoms with Gasteiger partial charge in [-0.1, -0.05) is 29.4 Å². The molecule has 3 N–H and O–H groups in total. The first kappa shape index (κ1) is 13.7. The van der Waals surface area contributed by atoms with E-state index in [1.165, 1.54) is 11.3 Å². The Morgan fingerprint density at radius 1 is 1.00 bits per heavy atom. The Bertz CT molecular complexity index is 915. The lowest BCUT2D eigenvalue weighted by atomic mass is 10.2. The largest absolute Gasteiger partial charge is 0.418 e. The van der Waals surface area contributed by atoms with Crippen molar-refractivity contribution in [3.05, 3.63) is 47.8 Å². The van der Waals surface area contributed by atoms with Gasteiger partial charge in [0.2, 0.25) is 17.6 Å². The molecule has 1 aromatic carbocycles. The lowest BCUT2D eigenvalue weighted by Crippen LogP contribution is -2.06. The lowest BCUT2D eigenvalue weighted by molar-refractivity contribution is 0.431. The van der Waals surface area contributed by atoms with Crippen LogP contribution in [0.25, 0.3) is 33.7 Å². The summed E-state index contributed by atoms with van der Waals surface area (Å²) in [5.74, 6) is 6.94. The third kappa shape index (κ3) is 2.50. The average Bonchev–Trinajstić information content (AvgIpc) is 3.33. The molecule has 0 saturated carbocycles. The molecule has 8 heteroatoms. The molecule has 0 aliphatic rings. The monoisotopic (exact) mass is 325 g/mol. The number of benzene rings is 1. The molecular formula is C15H11N5O2S. The predicted molar refractivity (Wildman–Crippen MR) is 86.4 cm³/mol. The molecule has 4 aromatic rings. The van der Waals surface area contributed by atoms with E-state index < -0.39 is 0 Å². The minimum absolute atomic E-state index is 0.243. The molecule has 0 aliphatic carbocycles. The summed E-state index contributed by atoms with van der Waals surface area (Å²) in [5, 5.41) is 5.91. The molecule has 0 bridgehead atoms. The second-order valence-corrected chi connectivity index (χ2v) is 5.56. The van der Waals surface area contributed by atoms with Crippen LogP contribution in [0.1, 0.15) is 0 Å². The summed E-state index contributed by atoms with van der Waals surface area (Å²) in [4.78, 5) is 9.68. The molecule has 0 saturated heterocycles. The van der Waals surface area contributed by atoms with Crippen LogP contribution < -0.4 is 11.3 Å². The second kappa shape index (κ2) is 5.67. The molecular weight excluding hydrogens is 314 g/mol. The smallest absolute Gasteiger partial charge is 0.282 e. The number of rotatable bonds is 4. The number of hydrazine groups is 1. The van der Waals surface area contributed by atoms with Gasteiger partial charge in [-0.2, -0.15) is 4.98 Å². The van der Waals surface area contributed by atoms with Gasteiger partial charge < -0.3 is 8.94 Å². The highest BCUT2D eigenvalue weighted by molar-refractivity contribution is 7.13. The number of nitrogens with zero attached hydrogens (tertiary/aromatic N) is 3. The van der Waals surface area contributed by atoms with Crippen molar-refractivity contribution in [2.75, 3.05) is 5.43 Å². The van der Waals surface area contributed by atoms with E-state index in [0.717, 1.165) is 10.4 Å². The number of thiophene rings is 1.